The molecule has 8 aliphatic rings. The average Bonchev–Trinajstić information content (AvgIpc) is 3.59. The second-order valence-electron chi connectivity index (χ2n) is 11.7. The third kappa shape index (κ3) is 2.40. The highest BCUT2D eigenvalue weighted by atomic mass is 16.6. The molecule has 0 aromatic carbocycles. The van der Waals surface area contributed by atoms with E-state index in [9.17, 15) is 19.2 Å². The van der Waals surface area contributed by atoms with Crippen molar-refractivity contribution in [3.8, 4) is 0 Å². The molecule has 4 saturated carbocycles. The van der Waals surface area contributed by atoms with Gasteiger partial charge in [0.15, 0.2) is 10.8 Å². The first kappa shape index (κ1) is 21.2. The van der Waals surface area contributed by atoms with E-state index in [4.69, 9.17) is 18.9 Å². The van der Waals surface area contributed by atoms with E-state index in [2.05, 4.69) is 0 Å². The smallest absolute Gasteiger partial charge is 0.324 e. The minimum atomic E-state index is -0.914. The Balaban J connectivity index is 0.000000118. The van der Waals surface area contributed by atoms with Crippen molar-refractivity contribution in [2.24, 2.45) is 34.5 Å². The van der Waals surface area contributed by atoms with Crippen LogP contribution in [0.3, 0.4) is 0 Å². The number of ether oxygens (including phenoxy) is 4. The van der Waals surface area contributed by atoms with Gasteiger partial charge in [0, 0.05) is 23.7 Å². The van der Waals surface area contributed by atoms with Crippen LogP contribution in [-0.4, -0.2) is 48.3 Å². The van der Waals surface area contributed by atoms with Crippen LogP contribution in [0.15, 0.2) is 0 Å². The predicted molar refractivity (Wildman–Crippen MR) is 114 cm³/mol. The molecule has 0 aromatic heterocycles. The van der Waals surface area contributed by atoms with Gasteiger partial charge >= 0.3 is 23.9 Å². The Kier molecular flexibility index (Phi) is 4.49. The molecule has 4 saturated heterocycles. The molecule has 0 aromatic rings. The summed E-state index contributed by atoms with van der Waals surface area (Å²) in [6, 6.07) is 0. The minimum absolute atomic E-state index is 0.0191. The zero-order chi connectivity index (χ0) is 23.2. The van der Waals surface area contributed by atoms with Crippen molar-refractivity contribution in [1.82, 2.24) is 0 Å². The van der Waals surface area contributed by atoms with Gasteiger partial charge < -0.3 is 18.9 Å². The van der Waals surface area contributed by atoms with E-state index in [1.807, 2.05) is 0 Å². The van der Waals surface area contributed by atoms with Crippen molar-refractivity contribution in [3.05, 3.63) is 0 Å². The Hall–Kier alpha value is -2.12. The predicted octanol–water partition coefficient (Wildman–Crippen LogP) is 2.85. The first-order valence-electron chi connectivity index (χ1n) is 13.3. The van der Waals surface area contributed by atoms with Crippen LogP contribution < -0.4 is 0 Å². The molecule has 4 unspecified atom stereocenters. The first-order chi connectivity index (χ1) is 16.5. The van der Waals surface area contributed by atoms with Crippen molar-refractivity contribution in [1.29, 1.82) is 0 Å². The number of fused-ring (bicyclic) bond motifs is 8. The number of carbonyl (C=O) groups excluding carboxylic acids is 4. The van der Waals surface area contributed by atoms with Crippen LogP contribution in [0.4, 0.5) is 0 Å². The van der Waals surface area contributed by atoms with Crippen LogP contribution in [0.25, 0.3) is 0 Å². The Bertz CT molecular complexity index is 804. The molecular formula is C26H32O8. The number of rotatable bonds is 0. The second-order valence-corrected chi connectivity index (χ2v) is 11.7. The van der Waals surface area contributed by atoms with Gasteiger partial charge in [0.05, 0.1) is 0 Å². The average molecular weight is 473 g/mol. The monoisotopic (exact) mass is 472 g/mol. The van der Waals surface area contributed by atoms with Gasteiger partial charge in [-0.05, 0) is 77.0 Å². The lowest BCUT2D eigenvalue weighted by molar-refractivity contribution is -0.162. The number of esters is 4. The van der Waals surface area contributed by atoms with E-state index in [0.29, 0.717) is 0 Å². The summed E-state index contributed by atoms with van der Waals surface area (Å²) in [4.78, 5) is 49.0. The highest BCUT2D eigenvalue weighted by Gasteiger charge is 2.74. The molecule has 2 spiro atoms. The summed E-state index contributed by atoms with van der Waals surface area (Å²) in [5.74, 6) is -0.770. The summed E-state index contributed by atoms with van der Waals surface area (Å²) in [6.45, 7) is 0. The van der Waals surface area contributed by atoms with Crippen LogP contribution in [0.2, 0.25) is 0 Å². The lowest BCUT2D eigenvalue weighted by Crippen LogP contribution is -2.43. The van der Waals surface area contributed by atoms with E-state index in [-0.39, 0.29) is 72.0 Å². The maximum atomic E-state index is 12.2. The van der Waals surface area contributed by atoms with Crippen LogP contribution in [-0.2, 0) is 38.1 Å². The molecule has 184 valence electrons. The van der Waals surface area contributed by atoms with Gasteiger partial charge in [-0.1, -0.05) is 0 Å². The first-order valence-corrected chi connectivity index (χ1v) is 13.3. The molecule has 8 rings (SSSR count). The van der Waals surface area contributed by atoms with Crippen molar-refractivity contribution in [2.45, 2.75) is 101 Å². The Morgan fingerprint density at radius 1 is 0.412 bits per heavy atom. The summed E-state index contributed by atoms with van der Waals surface area (Å²) in [6.07, 6.45) is 11.6. The van der Waals surface area contributed by atoms with Gasteiger partial charge in [-0.25, -0.2) is 0 Å². The minimum Gasteiger partial charge on any atom is -0.461 e. The highest BCUT2D eigenvalue weighted by molar-refractivity contribution is 6.04. The molecule has 34 heavy (non-hydrogen) atoms. The molecular weight excluding hydrogens is 440 g/mol. The number of hydrogen-bond acceptors (Lipinski definition) is 8. The Morgan fingerprint density at radius 2 is 0.647 bits per heavy atom. The SMILES string of the molecule is O=C1OC2CCCC2C12C(=O)O[C@@H]1CCC[C@@H]12.O=C1O[C@H]2CCC[C@H]2C12C(=O)O[C@@H]1CCC[C@@H]12. The largest absolute Gasteiger partial charge is 0.461 e. The molecule has 8 fully saturated rings. The van der Waals surface area contributed by atoms with E-state index >= 15 is 0 Å². The van der Waals surface area contributed by atoms with Gasteiger partial charge in [0.2, 0.25) is 0 Å². The fourth-order valence-corrected chi connectivity index (χ4v) is 9.22. The topological polar surface area (TPSA) is 105 Å². The summed E-state index contributed by atoms with van der Waals surface area (Å²) >= 11 is 0. The summed E-state index contributed by atoms with van der Waals surface area (Å²) in [7, 11) is 0. The van der Waals surface area contributed by atoms with Crippen LogP contribution in [0.1, 0.15) is 77.0 Å². The van der Waals surface area contributed by atoms with Crippen molar-refractivity contribution in [3.63, 3.8) is 0 Å². The molecule has 4 aliphatic carbocycles. The molecule has 0 amide bonds. The number of carbonyl (C=O) groups is 4. The number of hydrogen-bond donors (Lipinski definition) is 0. The fraction of sp³-hybridized carbons (Fsp3) is 0.846. The van der Waals surface area contributed by atoms with Crippen LogP contribution >= 0.6 is 0 Å². The van der Waals surface area contributed by atoms with Crippen LogP contribution in [0.5, 0.6) is 0 Å². The normalized spacial score (nSPS) is 51.5. The molecule has 4 heterocycles. The maximum Gasteiger partial charge on any atom is 0.324 e. The third-order valence-corrected chi connectivity index (χ3v) is 10.5. The van der Waals surface area contributed by atoms with E-state index in [1.54, 1.807) is 0 Å². The highest BCUT2D eigenvalue weighted by Crippen LogP contribution is 2.61. The lowest BCUT2D eigenvalue weighted by Gasteiger charge is -2.26. The standard InChI is InChI=1S/2C13H16O4/c2*14-11-13(7-3-1-5-9(7)16-11)8-4-2-6-10(8)17-12(13)15/h2*7-10H,1-6H2/t7-,8?,9+,10?,13?;7-,8+,9+,10-,13?/m0./s1. The van der Waals surface area contributed by atoms with E-state index in [1.165, 1.54) is 0 Å². The van der Waals surface area contributed by atoms with Crippen molar-refractivity contribution >= 4 is 23.9 Å². The molecule has 0 bridgehead atoms. The van der Waals surface area contributed by atoms with Gasteiger partial charge in [0.1, 0.15) is 24.4 Å². The van der Waals surface area contributed by atoms with Crippen LogP contribution in [0, 0.1) is 34.5 Å². The summed E-state index contributed by atoms with van der Waals surface area (Å²) < 4.78 is 21.8. The lowest BCUT2D eigenvalue weighted by atomic mass is 9.67. The summed E-state index contributed by atoms with van der Waals surface area (Å²) in [5, 5.41) is 0. The molecule has 10 atom stereocenters. The zero-order valence-corrected chi connectivity index (χ0v) is 19.4. The Morgan fingerprint density at radius 3 is 0.882 bits per heavy atom. The van der Waals surface area contributed by atoms with Gasteiger partial charge in [-0.3, -0.25) is 19.2 Å². The summed E-state index contributed by atoms with van der Waals surface area (Å²) in [5.41, 5.74) is -1.83. The third-order valence-electron chi connectivity index (χ3n) is 10.5. The molecule has 0 radical (unpaired) electrons. The quantitative estimate of drug-likeness (QED) is 0.301. The second kappa shape index (κ2) is 7.20. The molecule has 8 heteroatoms. The zero-order valence-electron chi connectivity index (χ0n) is 19.4. The fourth-order valence-electron chi connectivity index (χ4n) is 9.22. The van der Waals surface area contributed by atoms with E-state index in [0.717, 1.165) is 77.0 Å². The van der Waals surface area contributed by atoms with Gasteiger partial charge in [-0.2, -0.15) is 0 Å². The van der Waals surface area contributed by atoms with E-state index < -0.39 is 10.8 Å². The molecule has 0 N–H and O–H groups in total. The van der Waals surface area contributed by atoms with Crippen molar-refractivity contribution in [2.75, 3.05) is 0 Å². The maximum absolute atomic E-state index is 12.2. The molecule has 4 aliphatic heterocycles. The Labute approximate surface area is 198 Å². The van der Waals surface area contributed by atoms with Crippen molar-refractivity contribution < 1.29 is 38.1 Å². The molecule has 8 nitrogen and oxygen atoms in total. The van der Waals surface area contributed by atoms with Gasteiger partial charge in [0.25, 0.3) is 0 Å². The van der Waals surface area contributed by atoms with Gasteiger partial charge in [-0.15, -0.1) is 0 Å².